The first-order valence-corrected chi connectivity index (χ1v) is 6.18. The van der Waals surface area contributed by atoms with Gasteiger partial charge in [-0.3, -0.25) is 4.79 Å². The van der Waals surface area contributed by atoms with E-state index in [4.69, 9.17) is 4.74 Å². The predicted molar refractivity (Wildman–Crippen MR) is 69.7 cm³/mol. The van der Waals surface area contributed by atoms with Crippen molar-refractivity contribution in [3.63, 3.8) is 0 Å². The van der Waals surface area contributed by atoms with E-state index >= 15 is 0 Å². The second-order valence-corrected chi connectivity index (χ2v) is 5.59. The molecular weight excluding hydrogens is 282 g/mol. The van der Waals surface area contributed by atoms with Gasteiger partial charge in [-0.1, -0.05) is 15.9 Å². The Morgan fingerprint density at radius 3 is 2.59 bits per heavy atom. The fraction of sp³-hybridized carbons (Fsp3) is 0.308. The van der Waals surface area contributed by atoms with Crippen molar-refractivity contribution in [2.24, 2.45) is 0 Å². The molecule has 0 aromatic heterocycles. The van der Waals surface area contributed by atoms with E-state index in [9.17, 15) is 4.79 Å². The quantitative estimate of drug-likeness (QED) is 0.673. The Balaban J connectivity index is 2.12. The Morgan fingerprint density at radius 2 is 2.06 bits per heavy atom. The van der Waals surface area contributed by atoms with Crippen LogP contribution in [0.5, 0.6) is 0 Å². The van der Waals surface area contributed by atoms with Gasteiger partial charge in [-0.15, -0.1) is 0 Å². The van der Waals surface area contributed by atoms with Crippen LogP contribution in [0.15, 0.2) is 40.7 Å². The number of nitrogens with one attached hydrogen (secondary N) is 1. The molecule has 0 radical (unpaired) electrons. The molecule has 0 spiro atoms. The number of carbonyl (C=O) groups is 1. The molecule has 3 nitrogen and oxygen atoms in total. The van der Waals surface area contributed by atoms with Crippen LogP contribution in [0.3, 0.4) is 0 Å². The highest BCUT2D eigenvalue weighted by Crippen LogP contribution is 2.17. The number of carbonyl (C=O) groups excluding carboxylic acids is 1. The lowest BCUT2D eigenvalue weighted by Gasteiger charge is -2.13. The van der Waals surface area contributed by atoms with Gasteiger partial charge in [0.1, 0.15) is 6.61 Å². The van der Waals surface area contributed by atoms with Crippen LogP contribution < -0.4 is 5.32 Å². The second kappa shape index (κ2) is 4.53. The molecule has 17 heavy (non-hydrogen) atoms. The summed E-state index contributed by atoms with van der Waals surface area (Å²) in [4.78, 5) is 11.9. The van der Waals surface area contributed by atoms with E-state index in [2.05, 4.69) is 21.2 Å². The summed E-state index contributed by atoms with van der Waals surface area (Å²) in [6.45, 7) is 4.63. The lowest BCUT2D eigenvalue weighted by Crippen LogP contribution is -2.34. The lowest BCUT2D eigenvalue weighted by molar-refractivity contribution is 0.104. The smallest absolute Gasteiger partial charge is 0.191 e. The molecule has 1 aromatic carbocycles. The molecule has 0 bridgehead atoms. The Kier molecular flexibility index (Phi) is 3.24. The Bertz CT molecular complexity index is 463. The maximum atomic E-state index is 11.9. The first-order valence-electron chi connectivity index (χ1n) is 5.39. The number of ether oxygens (including phenoxy) is 1. The molecule has 0 atom stereocenters. The predicted octanol–water partition coefficient (Wildman–Crippen LogP) is 2.87. The van der Waals surface area contributed by atoms with Crippen molar-refractivity contribution in [3.8, 4) is 0 Å². The summed E-state index contributed by atoms with van der Waals surface area (Å²) in [5.74, 6) is 0.487. The highest BCUT2D eigenvalue weighted by molar-refractivity contribution is 9.10. The molecule has 0 aliphatic carbocycles. The van der Waals surface area contributed by atoms with Gasteiger partial charge in [0, 0.05) is 16.1 Å². The van der Waals surface area contributed by atoms with Gasteiger partial charge in [-0.25, -0.2) is 0 Å². The monoisotopic (exact) mass is 295 g/mol. The molecule has 1 saturated heterocycles. The van der Waals surface area contributed by atoms with Crippen LogP contribution in [0, 0.1) is 0 Å². The molecule has 1 fully saturated rings. The summed E-state index contributed by atoms with van der Waals surface area (Å²) in [7, 11) is 0. The Hall–Kier alpha value is -1.29. The standard InChI is InChI=1S/C13H14BrNO2/c1-13(2)8-17-12(15-13)7-11(16)9-3-5-10(14)6-4-9/h3-7,15H,8H2,1-2H3. The number of allylic oxidation sites excluding steroid dienone is 1. The number of rotatable bonds is 2. The Morgan fingerprint density at radius 1 is 1.41 bits per heavy atom. The molecular formula is C13H14BrNO2. The maximum absolute atomic E-state index is 11.9. The van der Waals surface area contributed by atoms with Crippen LogP contribution in [0.25, 0.3) is 0 Å². The van der Waals surface area contributed by atoms with Gasteiger partial charge in [0.25, 0.3) is 0 Å². The third-order valence-corrected chi connectivity index (χ3v) is 2.97. The van der Waals surface area contributed by atoms with E-state index < -0.39 is 0 Å². The molecule has 0 saturated carbocycles. The number of benzene rings is 1. The normalized spacial score (nSPS) is 19.8. The minimum absolute atomic E-state index is 0.0577. The molecule has 2 rings (SSSR count). The van der Waals surface area contributed by atoms with Crippen LogP contribution in [-0.4, -0.2) is 17.9 Å². The summed E-state index contributed by atoms with van der Waals surface area (Å²) >= 11 is 3.33. The van der Waals surface area contributed by atoms with Crippen LogP contribution in [0.2, 0.25) is 0 Å². The molecule has 1 aliphatic heterocycles. The average Bonchev–Trinajstić information content (AvgIpc) is 2.59. The van der Waals surface area contributed by atoms with Crippen molar-refractivity contribution in [2.45, 2.75) is 19.4 Å². The number of ketones is 1. The minimum Gasteiger partial charge on any atom is -0.477 e. The molecule has 90 valence electrons. The maximum Gasteiger partial charge on any atom is 0.191 e. The highest BCUT2D eigenvalue weighted by atomic mass is 79.9. The number of hydrogen-bond donors (Lipinski definition) is 1. The van der Waals surface area contributed by atoms with E-state index in [-0.39, 0.29) is 11.3 Å². The number of halogens is 1. The van der Waals surface area contributed by atoms with Crippen molar-refractivity contribution in [1.29, 1.82) is 0 Å². The summed E-state index contributed by atoms with van der Waals surface area (Å²) in [6.07, 6.45) is 1.50. The summed E-state index contributed by atoms with van der Waals surface area (Å²) < 4.78 is 6.36. The van der Waals surface area contributed by atoms with Crippen LogP contribution in [-0.2, 0) is 4.74 Å². The van der Waals surface area contributed by atoms with Gasteiger partial charge in [-0.05, 0) is 38.1 Å². The molecule has 4 heteroatoms. The van der Waals surface area contributed by atoms with Crippen molar-refractivity contribution < 1.29 is 9.53 Å². The molecule has 1 heterocycles. The van der Waals surface area contributed by atoms with Crippen molar-refractivity contribution in [1.82, 2.24) is 5.32 Å². The largest absolute Gasteiger partial charge is 0.477 e. The zero-order valence-electron chi connectivity index (χ0n) is 9.79. The third kappa shape index (κ3) is 3.09. The van der Waals surface area contributed by atoms with Gasteiger partial charge in [0.05, 0.1) is 5.54 Å². The van der Waals surface area contributed by atoms with E-state index in [0.717, 1.165) is 4.47 Å². The third-order valence-electron chi connectivity index (χ3n) is 2.44. The molecule has 1 N–H and O–H groups in total. The summed E-state index contributed by atoms with van der Waals surface area (Å²) in [6, 6.07) is 7.25. The van der Waals surface area contributed by atoms with Gasteiger partial charge >= 0.3 is 0 Å². The number of hydrogen-bond acceptors (Lipinski definition) is 3. The second-order valence-electron chi connectivity index (χ2n) is 4.68. The topological polar surface area (TPSA) is 38.3 Å². The minimum atomic E-state index is -0.105. The first kappa shape index (κ1) is 12.2. The van der Waals surface area contributed by atoms with Gasteiger partial charge in [-0.2, -0.15) is 0 Å². The van der Waals surface area contributed by atoms with E-state index in [1.807, 2.05) is 26.0 Å². The van der Waals surface area contributed by atoms with Gasteiger partial charge < -0.3 is 10.1 Å². The van der Waals surface area contributed by atoms with Crippen LogP contribution >= 0.6 is 15.9 Å². The van der Waals surface area contributed by atoms with Gasteiger partial charge in [0.15, 0.2) is 11.7 Å². The SMILES string of the molecule is CC1(C)COC(=CC(=O)c2ccc(Br)cc2)N1. The lowest BCUT2D eigenvalue weighted by atomic mass is 10.1. The molecule has 1 aromatic rings. The molecule has 1 aliphatic rings. The summed E-state index contributed by atoms with van der Waals surface area (Å²) in [5.41, 5.74) is 0.544. The fourth-order valence-corrected chi connectivity index (χ4v) is 1.82. The highest BCUT2D eigenvalue weighted by Gasteiger charge is 2.27. The zero-order chi connectivity index (χ0) is 12.5. The van der Waals surface area contributed by atoms with Crippen molar-refractivity contribution in [3.05, 3.63) is 46.3 Å². The van der Waals surface area contributed by atoms with Crippen molar-refractivity contribution >= 4 is 21.7 Å². The van der Waals surface area contributed by atoms with Crippen LogP contribution in [0.4, 0.5) is 0 Å². The molecule has 0 amide bonds. The zero-order valence-corrected chi connectivity index (χ0v) is 11.4. The fourth-order valence-electron chi connectivity index (χ4n) is 1.56. The first-order chi connectivity index (χ1) is 7.96. The molecule has 0 unspecified atom stereocenters. The van der Waals surface area contributed by atoms with Crippen molar-refractivity contribution in [2.75, 3.05) is 6.61 Å². The van der Waals surface area contributed by atoms with Gasteiger partial charge in [0.2, 0.25) is 0 Å². The van der Waals surface area contributed by atoms with E-state index in [1.165, 1.54) is 6.08 Å². The van der Waals surface area contributed by atoms with E-state index in [1.54, 1.807) is 12.1 Å². The average molecular weight is 296 g/mol. The van der Waals surface area contributed by atoms with E-state index in [0.29, 0.717) is 18.1 Å². The summed E-state index contributed by atoms with van der Waals surface area (Å²) in [5, 5.41) is 3.15. The Labute approximate surface area is 109 Å². The van der Waals surface area contributed by atoms with Crippen LogP contribution in [0.1, 0.15) is 24.2 Å².